The van der Waals surface area contributed by atoms with Crippen molar-refractivity contribution in [1.29, 1.82) is 0 Å². The summed E-state index contributed by atoms with van der Waals surface area (Å²) in [4.78, 5) is 0. The average Bonchev–Trinajstić information content (AvgIpc) is 2.19. The molecule has 1 fully saturated rings. The second-order valence-electron chi connectivity index (χ2n) is 2.16. The number of nitrogens with zero attached hydrogens (tertiary/aromatic N) is 1. The van der Waals surface area contributed by atoms with Crippen LogP contribution in [0, 0.1) is 0 Å². The molecule has 0 aliphatic carbocycles. The van der Waals surface area contributed by atoms with E-state index < -0.39 is 0 Å². The largest absolute Gasteiger partial charge is 1.00 e. The fourth-order valence-electron chi connectivity index (χ4n) is 1.02. The van der Waals surface area contributed by atoms with Gasteiger partial charge in [-0.3, -0.25) is 0 Å². The van der Waals surface area contributed by atoms with E-state index in [1.165, 1.54) is 12.8 Å². The van der Waals surface area contributed by atoms with Gasteiger partial charge in [0.15, 0.2) is 0 Å². The van der Waals surface area contributed by atoms with Crippen molar-refractivity contribution in [2.24, 2.45) is 0 Å². The molecule has 2 nitrogen and oxygen atoms in total. The Morgan fingerprint density at radius 2 is 2.44 bits per heavy atom. The summed E-state index contributed by atoms with van der Waals surface area (Å²) < 4.78 is 4.93. The molecule has 1 aliphatic rings. The number of rotatable bonds is 2. The Labute approximate surface area is 68.5 Å². The molecule has 0 radical (unpaired) electrons. The quantitative estimate of drug-likeness (QED) is 0.394. The van der Waals surface area contributed by atoms with Crippen molar-refractivity contribution in [3.8, 4) is 0 Å². The summed E-state index contributed by atoms with van der Waals surface area (Å²) in [5.74, 6) is 0. The predicted molar refractivity (Wildman–Crippen MR) is 33.1 cm³/mol. The van der Waals surface area contributed by atoms with Gasteiger partial charge in [0.2, 0.25) is 0 Å². The molecular weight excluding hydrogens is 109 g/mol. The molecule has 0 amide bonds. The van der Waals surface area contributed by atoms with E-state index in [2.05, 4.69) is 5.32 Å². The number of methoxy groups -OCH3 is 1. The zero-order chi connectivity index (χ0) is 5.82. The van der Waals surface area contributed by atoms with Gasteiger partial charge in [-0.05, 0) is 0 Å². The average molecular weight is 121 g/mol. The van der Waals surface area contributed by atoms with Crippen LogP contribution in [0.15, 0.2) is 0 Å². The van der Waals surface area contributed by atoms with E-state index in [4.69, 9.17) is 4.74 Å². The Kier molecular flexibility index (Phi) is 5.62. The normalized spacial score (nSPS) is 25.7. The van der Waals surface area contributed by atoms with E-state index in [0.717, 1.165) is 13.2 Å². The van der Waals surface area contributed by atoms with Crippen LogP contribution in [0.1, 0.15) is 12.8 Å². The van der Waals surface area contributed by atoms with Crippen LogP contribution in [-0.4, -0.2) is 26.3 Å². The summed E-state index contributed by atoms with van der Waals surface area (Å²) in [5.41, 5.74) is 0. The minimum absolute atomic E-state index is 0. The van der Waals surface area contributed by atoms with Crippen LogP contribution in [0.5, 0.6) is 0 Å². The second kappa shape index (κ2) is 5.31. The van der Waals surface area contributed by atoms with E-state index in [-0.39, 0.29) is 18.9 Å². The van der Waals surface area contributed by atoms with Crippen molar-refractivity contribution in [1.82, 2.24) is 0 Å². The molecule has 0 aromatic heterocycles. The van der Waals surface area contributed by atoms with Gasteiger partial charge in [-0.2, -0.15) is 0 Å². The minimum Gasteiger partial charge on any atom is -0.658 e. The molecule has 0 spiro atoms. The van der Waals surface area contributed by atoms with Crippen molar-refractivity contribution in [2.45, 2.75) is 18.9 Å². The molecular formula is C6H12LiNO. The maximum absolute atomic E-state index is 4.93. The molecule has 3 heteroatoms. The molecule has 1 heterocycles. The van der Waals surface area contributed by atoms with Crippen LogP contribution in [0.2, 0.25) is 0 Å². The van der Waals surface area contributed by atoms with Crippen LogP contribution in [-0.2, 0) is 4.74 Å². The summed E-state index contributed by atoms with van der Waals surface area (Å²) in [7, 11) is 1.73. The summed E-state index contributed by atoms with van der Waals surface area (Å²) in [6.45, 7) is 1.87. The zero-order valence-electron chi connectivity index (χ0n) is 6.26. The summed E-state index contributed by atoms with van der Waals surface area (Å²) in [6, 6.07) is 0.514. The van der Waals surface area contributed by atoms with E-state index in [1.807, 2.05) is 0 Å². The van der Waals surface area contributed by atoms with Gasteiger partial charge in [0.1, 0.15) is 0 Å². The van der Waals surface area contributed by atoms with E-state index in [0.29, 0.717) is 6.04 Å². The third kappa shape index (κ3) is 3.27. The molecule has 1 saturated heterocycles. The fourth-order valence-corrected chi connectivity index (χ4v) is 1.02. The SMILES string of the molecule is COC[C@@H]1CCC[N-]1.[Li+]. The van der Waals surface area contributed by atoms with Crippen LogP contribution in [0.25, 0.3) is 5.32 Å². The van der Waals surface area contributed by atoms with Crippen molar-refractivity contribution in [3.63, 3.8) is 0 Å². The maximum atomic E-state index is 4.93. The van der Waals surface area contributed by atoms with Gasteiger partial charge in [0, 0.05) is 13.7 Å². The summed E-state index contributed by atoms with van der Waals surface area (Å²) in [5, 5.41) is 4.30. The number of hydrogen-bond acceptors (Lipinski definition) is 1. The first-order valence-corrected chi connectivity index (χ1v) is 3.09. The molecule has 1 aliphatic heterocycles. The number of hydrogen-bond donors (Lipinski definition) is 0. The Bertz CT molecular complexity index is 64.1. The van der Waals surface area contributed by atoms with Crippen LogP contribution < -0.4 is 18.9 Å². The molecule has 0 aromatic rings. The zero-order valence-corrected chi connectivity index (χ0v) is 6.26. The van der Waals surface area contributed by atoms with Crippen molar-refractivity contribution in [2.75, 3.05) is 20.3 Å². The van der Waals surface area contributed by atoms with Crippen LogP contribution in [0.3, 0.4) is 0 Å². The smallest absolute Gasteiger partial charge is 0.658 e. The fraction of sp³-hybridized carbons (Fsp3) is 1.00. The molecule has 0 bridgehead atoms. The standard InChI is InChI=1S/C6H12NO.Li/c1-8-5-6-3-2-4-7-6;/h6H,2-5H2,1H3;/q-1;+1/t6-;/m0./s1. The Balaban J connectivity index is 0.000000640. The van der Waals surface area contributed by atoms with Crippen molar-refractivity contribution >= 4 is 0 Å². The third-order valence-electron chi connectivity index (χ3n) is 1.44. The topological polar surface area (TPSA) is 23.3 Å². The van der Waals surface area contributed by atoms with Gasteiger partial charge in [0.05, 0.1) is 0 Å². The first kappa shape index (κ1) is 9.52. The predicted octanol–water partition coefficient (Wildman–Crippen LogP) is -1.83. The molecule has 48 valence electrons. The maximum Gasteiger partial charge on any atom is 1.00 e. The van der Waals surface area contributed by atoms with E-state index in [9.17, 15) is 0 Å². The molecule has 9 heavy (non-hydrogen) atoms. The van der Waals surface area contributed by atoms with Crippen molar-refractivity contribution < 1.29 is 23.6 Å². The molecule has 1 atom stereocenters. The monoisotopic (exact) mass is 121 g/mol. The van der Waals surface area contributed by atoms with Crippen LogP contribution in [0.4, 0.5) is 0 Å². The molecule has 0 aromatic carbocycles. The van der Waals surface area contributed by atoms with Crippen molar-refractivity contribution in [3.05, 3.63) is 5.32 Å². The molecule has 0 N–H and O–H groups in total. The van der Waals surface area contributed by atoms with E-state index in [1.54, 1.807) is 7.11 Å². The minimum atomic E-state index is 0. The molecule has 0 saturated carbocycles. The van der Waals surface area contributed by atoms with Gasteiger partial charge < -0.3 is 10.1 Å². The summed E-state index contributed by atoms with van der Waals surface area (Å²) >= 11 is 0. The Hall–Kier alpha value is 0.517. The molecule has 1 rings (SSSR count). The number of ether oxygens (including phenoxy) is 1. The second-order valence-corrected chi connectivity index (χ2v) is 2.16. The van der Waals surface area contributed by atoms with Gasteiger partial charge in [-0.15, -0.1) is 12.6 Å². The van der Waals surface area contributed by atoms with Gasteiger partial charge in [-0.1, -0.05) is 12.8 Å². The Morgan fingerprint density at radius 1 is 1.67 bits per heavy atom. The van der Waals surface area contributed by atoms with Gasteiger partial charge in [-0.25, -0.2) is 0 Å². The molecule has 0 unspecified atom stereocenters. The van der Waals surface area contributed by atoms with Gasteiger partial charge >= 0.3 is 18.9 Å². The Morgan fingerprint density at radius 3 is 2.89 bits per heavy atom. The third-order valence-corrected chi connectivity index (χ3v) is 1.44. The van der Waals surface area contributed by atoms with E-state index >= 15 is 0 Å². The summed E-state index contributed by atoms with van der Waals surface area (Å²) in [6.07, 6.45) is 2.49. The van der Waals surface area contributed by atoms with Crippen LogP contribution >= 0.6 is 0 Å². The van der Waals surface area contributed by atoms with Gasteiger partial charge in [0.25, 0.3) is 0 Å². The first-order chi connectivity index (χ1) is 3.93. The first-order valence-electron chi connectivity index (χ1n) is 3.09.